The summed E-state index contributed by atoms with van der Waals surface area (Å²) in [5, 5.41) is 12.9. The minimum atomic E-state index is 0.367. The third-order valence-corrected chi connectivity index (χ3v) is 4.68. The molecule has 2 N–H and O–H groups in total. The van der Waals surface area contributed by atoms with Crippen molar-refractivity contribution in [3.05, 3.63) is 0 Å². The van der Waals surface area contributed by atoms with Gasteiger partial charge in [-0.05, 0) is 37.5 Å². The first kappa shape index (κ1) is 12.4. The van der Waals surface area contributed by atoms with Gasteiger partial charge in [-0.2, -0.15) is 0 Å². The van der Waals surface area contributed by atoms with Crippen LogP contribution in [0.5, 0.6) is 0 Å². The van der Waals surface area contributed by atoms with Gasteiger partial charge in [0.15, 0.2) is 0 Å². The van der Waals surface area contributed by atoms with Gasteiger partial charge in [0.25, 0.3) is 0 Å². The molecule has 2 aliphatic rings. The van der Waals surface area contributed by atoms with Gasteiger partial charge >= 0.3 is 0 Å². The van der Waals surface area contributed by atoms with Crippen LogP contribution in [0.2, 0.25) is 0 Å². The van der Waals surface area contributed by atoms with Crippen molar-refractivity contribution in [1.82, 2.24) is 5.32 Å². The monoisotopic (exact) mass is 225 g/mol. The Bertz CT molecular complexity index is 193. The van der Waals surface area contributed by atoms with Gasteiger partial charge in [-0.1, -0.05) is 32.1 Å². The van der Waals surface area contributed by atoms with Crippen molar-refractivity contribution in [2.45, 2.75) is 70.3 Å². The average Bonchev–Trinajstić information content (AvgIpc) is 2.50. The number of nitrogens with one attached hydrogen (secondary N) is 1. The molecule has 0 amide bonds. The molecule has 16 heavy (non-hydrogen) atoms. The van der Waals surface area contributed by atoms with Gasteiger partial charge in [0, 0.05) is 19.2 Å². The van der Waals surface area contributed by atoms with Crippen molar-refractivity contribution < 1.29 is 5.11 Å². The average molecular weight is 225 g/mol. The third-order valence-electron chi connectivity index (χ3n) is 4.68. The first-order valence-electron chi connectivity index (χ1n) is 7.19. The number of aliphatic hydroxyl groups is 1. The Morgan fingerprint density at radius 2 is 1.69 bits per heavy atom. The lowest BCUT2D eigenvalue weighted by Gasteiger charge is -2.43. The van der Waals surface area contributed by atoms with Crippen LogP contribution in [-0.4, -0.2) is 24.3 Å². The predicted molar refractivity (Wildman–Crippen MR) is 67.5 cm³/mol. The maximum absolute atomic E-state index is 9.12. The summed E-state index contributed by atoms with van der Waals surface area (Å²) >= 11 is 0. The summed E-state index contributed by atoms with van der Waals surface area (Å²) < 4.78 is 0. The van der Waals surface area contributed by atoms with Crippen LogP contribution in [0.25, 0.3) is 0 Å². The molecule has 94 valence electrons. The zero-order chi connectivity index (χ0) is 11.3. The molecule has 0 radical (unpaired) electrons. The molecule has 2 heteroatoms. The highest BCUT2D eigenvalue weighted by molar-refractivity contribution is 4.90. The Kier molecular flexibility index (Phi) is 4.66. The maximum Gasteiger partial charge on any atom is 0.0436 e. The quantitative estimate of drug-likeness (QED) is 0.705. The molecule has 0 bridgehead atoms. The molecule has 0 atom stereocenters. The van der Waals surface area contributed by atoms with Crippen LogP contribution in [0.1, 0.15) is 64.2 Å². The van der Waals surface area contributed by atoms with E-state index in [9.17, 15) is 0 Å². The van der Waals surface area contributed by atoms with Gasteiger partial charge in [-0.3, -0.25) is 0 Å². The Morgan fingerprint density at radius 3 is 2.19 bits per heavy atom. The molecule has 2 rings (SSSR count). The van der Waals surface area contributed by atoms with Gasteiger partial charge in [0.05, 0.1) is 0 Å². The van der Waals surface area contributed by atoms with E-state index in [0.29, 0.717) is 12.0 Å². The van der Waals surface area contributed by atoms with Crippen molar-refractivity contribution in [3.63, 3.8) is 0 Å². The van der Waals surface area contributed by atoms with Crippen LogP contribution in [0.15, 0.2) is 0 Å². The van der Waals surface area contributed by atoms with Crippen molar-refractivity contribution in [2.24, 2.45) is 5.41 Å². The summed E-state index contributed by atoms with van der Waals surface area (Å²) in [6, 6.07) is 0.763. The molecule has 0 aromatic carbocycles. The molecule has 0 spiro atoms. The summed E-state index contributed by atoms with van der Waals surface area (Å²) in [7, 11) is 0. The Morgan fingerprint density at radius 1 is 1.00 bits per heavy atom. The summed E-state index contributed by atoms with van der Waals surface area (Å²) in [5.41, 5.74) is 0.459. The fourth-order valence-electron chi connectivity index (χ4n) is 3.27. The van der Waals surface area contributed by atoms with Crippen LogP contribution in [-0.2, 0) is 0 Å². The highest BCUT2D eigenvalue weighted by Gasteiger charge is 2.36. The lowest BCUT2D eigenvalue weighted by Crippen LogP contribution is -2.44. The van der Waals surface area contributed by atoms with Gasteiger partial charge < -0.3 is 10.4 Å². The summed E-state index contributed by atoms with van der Waals surface area (Å²) in [6.07, 6.45) is 13.4. The van der Waals surface area contributed by atoms with Gasteiger partial charge in [0.2, 0.25) is 0 Å². The highest BCUT2D eigenvalue weighted by Crippen LogP contribution is 2.43. The fraction of sp³-hybridized carbons (Fsp3) is 1.00. The summed E-state index contributed by atoms with van der Waals surface area (Å²) in [5.74, 6) is 0. The van der Waals surface area contributed by atoms with E-state index in [1.165, 1.54) is 57.8 Å². The van der Waals surface area contributed by atoms with Crippen LogP contribution in [0, 0.1) is 5.41 Å². The van der Waals surface area contributed by atoms with Crippen molar-refractivity contribution in [1.29, 1.82) is 0 Å². The molecule has 0 aromatic rings. The standard InChI is InChI=1S/C14H27NO/c16-11-10-14(8-5-9-14)12-15-13-6-3-1-2-4-7-13/h13,15-16H,1-12H2. The Balaban J connectivity index is 1.72. The van der Waals surface area contributed by atoms with Crippen LogP contribution >= 0.6 is 0 Å². The fourth-order valence-corrected chi connectivity index (χ4v) is 3.27. The molecule has 0 aliphatic heterocycles. The molecule has 0 aromatic heterocycles. The molecule has 0 saturated heterocycles. The molecular formula is C14H27NO. The van der Waals surface area contributed by atoms with E-state index in [2.05, 4.69) is 5.32 Å². The number of hydrogen-bond donors (Lipinski definition) is 2. The molecule has 0 unspecified atom stereocenters. The predicted octanol–water partition coefficient (Wildman–Crippen LogP) is 2.85. The maximum atomic E-state index is 9.12. The van der Waals surface area contributed by atoms with E-state index >= 15 is 0 Å². The van der Waals surface area contributed by atoms with Gasteiger partial charge in [-0.15, -0.1) is 0 Å². The zero-order valence-corrected chi connectivity index (χ0v) is 10.5. The normalized spacial score (nSPS) is 26.1. The van der Waals surface area contributed by atoms with E-state index in [4.69, 9.17) is 5.11 Å². The highest BCUT2D eigenvalue weighted by atomic mass is 16.3. The van der Waals surface area contributed by atoms with E-state index in [1.54, 1.807) is 0 Å². The second kappa shape index (κ2) is 6.02. The van der Waals surface area contributed by atoms with Gasteiger partial charge in [-0.25, -0.2) is 0 Å². The van der Waals surface area contributed by atoms with E-state index in [-0.39, 0.29) is 0 Å². The zero-order valence-electron chi connectivity index (χ0n) is 10.5. The molecule has 2 nitrogen and oxygen atoms in total. The van der Waals surface area contributed by atoms with Crippen molar-refractivity contribution in [3.8, 4) is 0 Å². The van der Waals surface area contributed by atoms with Gasteiger partial charge in [0.1, 0.15) is 0 Å². The molecule has 2 aliphatic carbocycles. The first-order valence-corrected chi connectivity index (χ1v) is 7.19. The number of rotatable bonds is 5. The lowest BCUT2D eigenvalue weighted by atomic mass is 9.66. The summed E-state index contributed by atoms with van der Waals surface area (Å²) in [4.78, 5) is 0. The SMILES string of the molecule is OCCC1(CNC2CCCCCC2)CCC1. The van der Waals surface area contributed by atoms with Crippen LogP contribution < -0.4 is 5.32 Å². The number of hydrogen-bond acceptors (Lipinski definition) is 2. The Labute approximate surface area is 99.8 Å². The van der Waals surface area contributed by atoms with Crippen molar-refractivity contribution >= 4 is 0 Å². The lowest BCUT2D eigenvalue weighted by molar-refractivity contribution is 0.0819. The molecule has 2 fully saturated rings. The van der Waals surface area contributed by atoms with Crippen LogP contribution in [0.3, 0.4) is 0 Å². The minimum absolute atomic E-state index is 0.367. The molecule has 2 saturated carbocycles. The van der Waals surface area contributed by atoms with Crippen LogP contribution in [0.4, 0.5) is 0 Å². The third kappa shape index (κ3) is 3.21. The van der Waals surface area contributed by atoms with Crippen molar-refractivity contribution in [2.75, 3.05) is 13.2 Å². The molecular weight excluding hydrogens is 198 g/mol. The second-order valence-corrected chi connectivity index (χ2v) is 5.90. The largest absolute Gasteiger partial charge is 0.396 e. The summed E-state index contributed by atoms with van der Waals surface area (Å²) in [6.45, 7) is 1.52. The smallest absolute Gasteiger partial charge is 0.0436 e. The number of aliphatic hydroxyl groups excluding tert-OH is 1. The Hall–Kier alpha value is -0.0800. The van der Waals surface area contributed by atoms with E-state index < -0.39 is 0 Å². The molecule has 0 heterocycles. The minimum Gasteiger partial charge on any atom is -0.396 e. The van der Waals surface area contributed by atoms with E-state index in [0.717, 1.165) is 19.0 Å². The first-order chi connectivity index (χ1) is 7.85. The second-order valence-electron chi connectivity index (χ2n) is 5.90. The topological polar surface area (TPSA) is 32.3 Å². The van der Waals surface area contributed by atoms with E-state index in [1.807, 2.05) is 0 Å².